The van der Waals surface area contributed by atoms with Crippen LogP contribution in [0, 0.1) is 11.3 Å². The van der Waals surface area contributed by atoms with Gasteiger partial charge in [0.05, 0.1) is 12.5 Å². The van der Waals surface area contributed by atoms with Crippen LogP contribution in [0.25, 0.3) is 0 Å². The summed E-state index contributed by atoms with van der Waals surface area (Å²) in [5.74, 6) is 0.0374. The largest absolute Gasteiger partial charge is 0.384 e. The lowest BCUT2D eigenvalue weighted by molar-refractivity contribution is -0.126. The van der Waals surface area contributed by atoms with Crippen molar-refractivity contribution in [2.24, 2.45) is 11.3 Å². The van der Waals surface area contributed by atoms with Crippen molar-refractivity contribution in [1.29, 1.82) is 0 Å². The summed E-state index contributed by atoms with van der Waals surface area (Å²) in [6.45, 7) is 9.77. The molecular weight excluding hydrogens is 190 g/mol. The normalized spacial score (nSPS) is 13.7. The van der Waals surface area contributed by atoms with Crippen molar-refractivity contribution in [1.82, 2.24) is 5.32 Å². The molecule has 0 radical (unpaired) electrons. The Morgan fingerprint density at radius 1 is 1.40 bits per heavy atom. The second-order valence-electron chi connectivity index (χ2n) is 5.31. The van der Waals surface area contributed by atoms with Crippen molar-refractivity contribution in [3.05, 3.63) is 0 Å². The van der Waals surface area contributed by atoms with Crippen molar-refractivity contribution in [2.45, 2.75) is 40.5 Å². The summed E-state index contributed by atoms with van der Waals surface area (Å²) in [5, 5.41) is 2.92. The van der Waals surface area contributed by atoms with Gasteiger partial charge in [-0.25, -0.2) is 0 Å². The van der Waals surface area contributed by atoms with Gasteiger partial charge in [-0.1, -0.05) is 27.7 Å². The van der Waals surface area contributed by atoms with E-state index < -0.39 is 0 Å². The van der Waals surface area contributed by atoms with Crippen molar-refractivity contribution in [3.63, 3.8) is 0 Å². The molecule has 0 fully saturated rings. The van der Waals surface area contributed by atoms with Crippen LogP contribution in [0.1, 0.15) is 40.5 Å². The first kappa shape index (κ1) is 14.4. The van der Waals surface area contributed by atoms with Gasteiger partial charge in [0.15, 0.2) is 0 Å². The monoisotopic (exact) mass is 215 g/mol. The molecule has 0 aliphatic carbocycles. The first-order chi connectivity index (χ1) is 6.87. The molecule has 15 heavy (non-hydrogen) atoms. The molecule has 0 aliphatic heterocycles. The van der Waals surface area contributed by atoms with E-state index in [4.69, 9.17) is 4.74 Å². The van der Waals surface area contributed by atoms with Gasteiger partial charge < -0.3 is 10.1 Å². The molecule has 1 amide bonds. The Balaban J connectivity index is 3.55. The predicted octanol–water partition coefficient (Wildman–Crippen LogP) is 2.21. The molecule has 0 heterocycles. The van der Waals surface area contributed by atoms with Crippen LogP contribution < -0.4 is 5.32 Å². The van der Waals surface area contributed by atoms with Crippen LogP contribution in [-0.2, 0) is 9.53 Å². The van der Waals surface area contributed by atoms with Crippen LogP contribution in [0.4, 0.5) is 0 Å². The molecule has 0 aliphatic rings. The fourth-order valence-corrected chi connectivity index (χ4v) is 1.33. The van der Waals surface area contributed by atoms with E-state index in [1.807, 2.05) is 6.92 Å². The molecule has 0 saturated heterocycles. The Bertz CT molecular complexity index is 185. The molecule has 3 heteroatoms. The number of hydrogen-bond acceptors (Lipinski definition) is 2. The minimum atomic E-state index is -0.0513. The third kappa shape index (κ3) is 8.43. The van der Waals surface area contributed by atoms with Crippen molar-refractivity contribution in [3.8, 4) is 0 Å². The van der Waals surface area contributed by atoms with Gasteiger partial charge in [-0.3, -0.25) is 4.79 Å². The second-order valence-corrected chi connectivity index (χ2v) is 5.31. The van der Waals surface area contributed by atoms with Gasteiger partial charge in [0.2, 0.25) is 5.91 Å². The minimum Gasteiger partial charge on any atom is -0.384 e. The summed E-state index contributed by atoms with van der Waals surface area (Å²) in [6, 6.07) is 0. The van der Waals surface area contributed by atoms with E-state index >= 15 is 0 Å². The summed E-state index contributed by atoms with van der Waals surface area (Å²) in [5.41, 5.74) is 0.350. The molecule has 0 spiro atoms. The maximum absolute atomic E-state index is 11.5. The van der Waals surface area contributed by atoms with Gasteiger partial charge in [-0.15, -0.1) is 0 Å². The molecule has 0 aromatic heterocycles. The molecule has 1 unspecified atom stereocenters. The second kappa shape index (κ2) is 6.83. The highest BCUT2D eigenvalue weighted by atomic mass is 16.5. The quantitative estimate of drug-likeness (QED) is 0.690. The third-order valence-electron chi connectivity index (χ3n) is 2.27. The number of hydrogen-bond donors (Lipinski definition) is 1. The maximum atomic E-state index is 11.5. The Labute approximate surface area is 93.6 Å². The lowest BCUT2D eigenvalue weighted by atomic mass is 9.91. The Morgan fingerprint density at radius 3 is 2.47 bits per heavy atom. The van der Waals surface area contributed by atoms with E-state index in [2.05, 4.69) is 26.1 Å². The van der Waals surface area contributed by atoms with E-state index in [-0.39, 0.29) is 11.8 Å². The van der Waals surface area contributed by atoms with Gasteiger partial charge in [0.25, 0.3) is 0 Å². The number of rotatable bonds is 6. The van der Waals surface area contributed by atoms with Gasteiger partial charge >= 0.3 is 0 Å². The van der Waals surface area contributed by atoms with Gasteiger partial charge in [0, 0.05) is 13.7 Å². The van der Waals surface area contributed by atoms with E-state index in [0.29, 0.717) is 12.0 Å². The first-order valence-corrected chi connectivity index (χ1v) is 5.63. The summed E-state index contributed by atoms with van der Waals surface area (Å²) in [7, 11) is 1.61. The lowest BCUT2D eigenvalue weighted by Gasteiger charge is -2.18. The van der Waals surface area contributed by atoms with E-state index in [0.717, 1.165) is 19.4 Å². The zero-order valence-corrected chi connectivity index (χ0v) is 10.7. The third-order valence-corrected chi connectivity index (χ3v) is 2.27. The molecule has 0 aromatic carbocycles. The zero-order chi connectivity index (χ0) is 11.9. The molecule has 3 nitrogen and oxygen atoms in total. The van der Waals surface area contributed by atoms with Gasteiger partial charge in [-0.05, 0) is 18.3 Å². The molecule has 0 saturated carbocycles. The Morgan fingerprint density at radius 2 is 2.00 bits per heavy atom. The number of methoxy groups -OCH3 is 1. The van der Waals surface area contributed by atoms with E-state index in [1.165, 1.54) is 0 Å². The molecule has 0 rings (SSSR count). The average Bonchev–Trinajstić information content (AvgIpc) is 2.11. The summed E-state index contributed by atoms with van der Waals surface area (Å²) in [4.78, 5) is 11.5. The van der Waals surface area contributed by atoms with Crippen molar-refractivity contribution >= 4 is 5.91 Å². The summed E-state index contributed by atoms with van der Waals surface area (Å²) in [6.07, 6.45) is 2.17. The highest BCUT2D eigenvalue weighted by Crippen LogP contribution is 2.19. The van der Waals surface area contributed by atoms with E-state index in [1.54, 1.807) is 7.11 Å². The highest BCUT2D eigenvalue weighted by Gasteiger charge is 2.13. The number of ether oxygens (including phenoxy) is 1. The SMILES string of the molecule is COCC(C)C(=O)NCCCC(C)(C)C. The first-order valence-electron chi connectivity index (χ1n) is 5.63. The maximum Gasteiger partial charge on any atom is 0.225 e. The smallest absolute Gasteiger partial charge is 0.225 e. The topological polar surface area (TPSA) is 38.3 Å². The highest BCUT2D eigenvalue weighted by molar-refractivity contribution is 5.78. The van der Waals surface area contributed by atoms with Gasteiger partial charge in [0.1, 0.15) is 0 Å². The van der Waals surface area contributed by atoms with Crippen molar-refractivity contribution in [2.75, 3.05) is 20.3 Å². The van der Waals surface area contributed by atoms with Crippen molar-refractivity contribution < 1.29 is 9.53 Å². The average molecular weight is 215 g/mol. The molecule has 90 valence electrons. The summed E-state index contributed by atoms with van der Waals surface area (Å²) < 4.78 is 4.92. The molecule has 0 bridgehead atoms. The number of carbonyl (C=O) groups is 1. The van der Waals surface area contributed by atoms with Crippen LogP contribution in [0.15, 0.2) is 0 Å². The van der Waals surface area contributed by atoms with Crippen LogP contribution in [-0.4, -0.2) is 26.2 Å². The van der Waals surface area contributed by atoms with Gasteiger partial charge in [-0.2, -0.15) is 0 Å². The minimum absolute atomic E-state index is 0.0513. The predicted molar refractivity (Wildman–Crippen MR) is 62.7 cm³/mol. The van der Waals surface area contributed by atoms with Crippen LogP contribution in [0.5, 0.6) is 0 Å². The molecule has 0 aromatic rings. The Hall–Kier alpha value is -0.570. The van der Waals surface area contributed by atoms with Crippen LogP contribution in [0.3, 0.4) is 0 Å². The number of carbonyl (C=O) groups excluding carboxylic acids is 1. The fourth-order valence-electron chi connectivity index (χ4n) is 1.33. The number of nitrogens with one attached hydrogen (secondary N) is 1. The molecular formula is C12H25NO2. The summed E-state index contributed by atoms with van der Waals surface area (Å²) >= 11 is 0. The standard InChI is InChI=1S/C12H25NO2/c1-10(9-15-5)11(14)13-8-6-7-12(2,3)4/h10H,6-9H2,1-5H3,(H,13,14). The Kier molecular flexibility index (Phi) is 6.57. The molecule has 1 N–H and O–H groups in total. The zero-order valence-electron chi connectivity index (χ0n) is 10.7. The van der Waals surface area contributed by atoms with Crippen LogP contribution in [0.2, 0.25) is 0 Å². The lowest BCUT2D eigenvalue weighted by Crippen LogP contribution is -2.32. The number of amides is 1. The fraction of sp³-hybridized carbons (Fsp3) is 0.917. The van der Waals surface area contributed by atoms with Crippen LogP contribution >= 0.6 is 0 Å². The molecule has 1 atom stereocenters. The van der Waals surface area contributed by atoms with E-state index in [9.17, 15) is 4.79 Å².